The van der Waals surface area contributed by atoms with Gasteiger partial charge in [0.15, 0.2) is 5.78 Å². The van der Waals surface area contributed by atoms with Gasteiger partial charge in [0.1, 0.15) is 18.1 Å². The number of nitrogens with one attached hydrogen (secondary N) is 1. The van der Waals surface area contributed by atoms with Gasteiger partial charge in [-0.3, -0.25) is 19.2 Å². The van der Waals surface area contributed by atoms with Crippen molar-refractivity contribution in [1.29, 1.82) is 0 Å². The smallest absolute Gasteiger partial charge is 0.309 e. The third-order valence-corrected chi connectivity index (χ3v) is 19.9. The molecule has 5 saturated carbocycles. The number of carbonyl (C=O) groups excluding carboxylic acids is 4. The Hall–Kier alpha value is -4.31. The summed E-state index contributed by atoms with van der Waals surface area (Å²) in [7, 11) is 0. The number of halogens is 1. The molecule has 360 valence electrons. The Morgan fingerprint density at radius 2 is 1.49 bits per heavy atom. The maximum absolute atomic E-state index is 14.7. The Kier molecular flexibility index (Phi) is 11.7. The number of rotatable bonds is 10. The van der Waals surface area contributed by atoms with Crippen LogP contribution in [0.25, 0.3) is 11.5 Å². The van der Waals surface area contributed by atoms with E-state index in [2.05, 4.69) is 64.0 Å². The first-order valence-electron chi connectivity index (χ1n) is 25.0. The lowest BCUT2D eigenvalue weighted by molar-refractivity contribution is -0.235. The molecule has 0 unspecified atom stereocenters. The molecule has 6 aliphatic carbocycles. The van der Waals surface area contributed by atoms with E-state index >= 15 is 0 Å². The molecule has 5 fully saturated rings. The molecule has 0 saturated heterocycles. The molecule has 3 aromatic rings. The molecule has 67 heavy (non-hydrogen) atoms. The second-order valence-corrected chi connectivity index (χ2v) is 24.8. The first-order valence-corrected chi connectivity index (χ1v) is 25.4. The summed E-state index contributed by atoms with van der Waals surface area (Å²) in [4.78, 5) is 56.3. The van der Waals surface area contributed by atoms with Crippen LogP contribution in [0.15, 0.2) is 70.2 Å². The minimum atomic E-state index is -1.16. The lowest BCUT2D eigenvalue weighted by Gasteiger charge is -2.72. The average Bonchev–Trinajstić information content (AvgIpc) is 3.88. The standard InChI is InChI=1S/C56H72ClN3O7/c1-32(2)43-39(61)30-56(58-48(64)52(7,8)49-60-59-45(67-49)34-17-19-35(57)20-18-34)28-27-54(10)36(44(43)56)21-22-41-53(9)25-24-42(51(5,6)40(53)23-26-55(41,54)11)66-47(63)38-29-37(50(38,3)4)46(62)65-31-33-15-13-12-14-16-33/h12-20,32,36-38,40-42H,21-31H2,1-11H3,(H,58,64)/t36-,37+,38-,40+,41-,42+,53+,54-,55-,56-/m1/s1. The van der Waals surface area contributed by atoms with E-state index in [1.807, 2.05) is 70.2 Å². The zero-order valence-corrected chi connectivity index (χ0v) is 42.4. The molecular formula is C56H72ClN3O7. The van der Waals surface area contributed by atoms with Crippen molar-refractivity contribution in [1.82, 2.24) is 15.5 Å². The Labute approximate surface area is 402 Å². The molecule has 9 rings (SSSR count). The van der Waals surface area contributed by atoms with Crippen molar-refractivity contribution in [3.63, 3.8) is 0 Å². The molecule has 10 nitrogen and oxygen atoms in total. The van der Waals surface area contributed by atoms with Crippen LogP contribution >= 0.6 is 11.6 Å². The summed E-state index contributed by atoms with van der Waals surface area (Å²) < 4.78 is 18.5. The normalized spacial score (nSPS) is 35.1. The summed E-state index contributed by atoms with van der Waals surface area (Å²) in [6.07, 6.45) is 7.95. The van der Waals surface area contributed by atoms with Gasteiger partial charge in [0.05, 0.1) is 17.4 Å². The molecule has 0 bridgehead atoms. The van der Waals surface area contributed by atoms with Gasteiger partial charge >= 0.3 is 11.9 Å². The molecule has 1 aromatic heterocycles. The first-order chi connectivity index (χ1) is 31.4. The highest BCUT2D eigenvalue weighted by Gasteiger charge is 2.71. The lowest BCUT2D eigenvalue weighted by Crippen LogP contribution is -2.67. The van der Waals surface area contributed by atoms with Crippen molar-refractivity contribution in [2.75, 3.05) is 0 Å². The number of aromatic nitrogens is 2. The number of Topliss-reactive ketones (excluding diaryl/α,β-unsaturated/α-hetero) is 1. The molecule has 1 heterocycles. The topological polar surface area (TPSA) is 138 Å². The molecule has 10 atom stereocenters. The molecule has 6 aliphatic rings. The van der Waals surface area contributed by atoms with Gasteiger partial charge in [-0.25, -0.2) is 0 Å². The molecule has 0 radical (unpaired) electrons. The second kappa shape index (κ2) is 16.4. The number of carbonyl (C=O) groups is 4. The van der Waals surface area contributed by atoms with Crippen LogP contribution < -0.4 is 5.32 Å². The number of hydrogen-bond acceptors (Lipinski definition) is 9. The minimum Gasteiger partial charge on any atom is -0.462 e. The van der Waals surface area contributed by atoms with Gasteiger partial charge in [-0.1, -0.05) is 104 Å². The third-order valence-electron chi connectivity index (χ3n) is 19.7. The average molecular weight is 935 g/mol. The van der Waals surface area contributed by atoms with Gasteiger partial charge in [0, 0.05) is 22.4 Å². The van der Waals surface area contributed by atoms with Crippen molar-refractivity contribution in [3.8, 4) is 11.5 Å². The van der Waals surface area contributed by atoms with Crippen molar-refractivity contribution in [3.05, 3.63) is 82.2 Å². The van der Waals surface area contributed by atoms with Gasteiger partial charge in [-0.2, -0.15) is 0 Å². The number of ether oxygens (including phenoxy) is 2. The number of fused-ring (bicyclic) bond motifs is 7. The van der Waals surface area contributed by atoms with Crippen LogP contribution in [0, 0.1) is 62.6 Å². The number of benzene rings is 2. The largest absolute Gasteiger partial charge is 0.462 e. The van der Waals surface area contributed by atoms with Crippen molar-refractivity contribution in [2.45, 2.75) is 164 Å². The fourth-order valence-corrected chi connectivity index (χ4v) is 15.5. The number of hydrogen-bond donors (Lipinski definition) is 1. The molecule has 2 aromatic carbocycles. The highest BCUT2D eigenvalue weighted by molar-refractivity contribution is 6.30. The Morgan fingerprint density at radius 3 is 2.16 bits per heavy atom. The van der Waals surface area contributed by atoms with Crippen molar-refractivity contribution in [2.24, 2.45) is 62.6 Å². The maximum Gasteiger partial charge on any atom is 0.309 e. The van der Waals surface area contributed by atoms with Gasteiger partial charge in [-0.05, 0) is 158 Å². The third kappa shape index (κ3) is 7.37. The predicted molar refractivity (Wildman–Crippen MR) is 257 cm³/mol. The van der Waals surface area contributed by atoms with Crippen LogP contribution in [0.4, 0.5) is 0 Å². The lowest BCUT2D eigenvalue weighted by atomic mass is 9.33. The van der Waals surface area contributed by atoms with Crippen LogP contribution in [-0.2, 0) is 40.7 Å². The van der Waals surface area contributed by atoms with Crippen LogP contribution in [-0.4, -0.2) is 45.5 Å². The maximum atomic E-state index is 14.7. The quantitative estimate of drug-likeness (QED) is 0.197. The molecule has 11 heteroatoms. The van der Waals surface area contributed by atoms with Crippen LogP contribution in [0.3, 0.4) is 0 Å². The summed E-state index contributed by atoms with van der Waals surface area (Å²) >= 11 is 6.13. The van der Waals surface area contributed by atoms with E-state index in [0.29, 0.717) is 41.2 Å². The van der Waals surface area contributed by atoms with E-state index in [0.717, 1.165) is 56.1 Å². The van der Waals surface area contributed by atoms with Crippen LogP contribution in [0.2, 0.25) is 5.02 Å². The predicted octanol–water partition coefficient (Wildman–Crippen LogP) is 11.8. The summed E-state index contributed by atoms with van der Waals surface area (Å²) in [5.74, 6) is 0.274. The minimum absolute atomic E-state index is 0.0150. The molecule has 1 amide bonds. The first kappa shape index (κ1) is 47.7. The highest BCUT2D eigenvalue weighted by Crippen LogP contribution is 2.76. The summed E-state index contributed by atoms with van der Waals surface area (Å²) in [5, 5.41) is 12.8. The van der Waals surface area contributed by atoms with E-state index in [9.17, 15) is 19.2 Å². The summed E-state index contributed by atoms with van der Waals surface area (Å²) in [5.41, 5.74) is 0.909. The monoisotopic (exact) mass is 934 g/mol. The number of amides is 1. The number of allylic oxidation sites excluding steroid dienone is 1. The summed E-state index contributed by atoms with van der Waals surface area (Å²) in [6, 6.07) is 16.8. The molecule has 1 N–H and O–H groups in total. The Balaban J connectivity index is 0.915. The van der Waals surface area contributed by atoms with Gasteiger partial charge < -0.3 is 19.2 Å². The van der Waals surface area contributed by atoms with Crippen LogP contribution in [0.1, 0.15) is 152 Å². The van der Waals surface area contributed by atoms with Gasteiger partial charge in [-0.15, -0.1) is 10.2 Å². The van der Waals surface area contributed by atoms with Gasteiger partial charge in [0.2, 0.25) is 17.7 Å². The zero-order chi connectivity index (χ0) is 48.3. The van der Waals surface area contributed by atoms with Gasteiger partial charge in [0.25, 0.3) is 0 Å². The Bertz CT molecular complexity index is 2490. The second-order valence-electron chi connectivity index (χ2n) is 24.3. The SMILES string of the molecule is CC(C)C1=C2[C@H]3CC[C@@H]4[C@@]5(C)CC[C@H](OC(=O)[C@H]6C[C@@H](C(=O)OCc7ccccc7)C6(C)C)C(C)(C)[C@@H]5CC[C@@]4(C)[C@]3(C)CC[C@@]2(NC(=O)C(C)(C)c2nnc(-c3ccc(Cl)cc3)o2)CC1=O. The van der Waals surface area contributed by atoms with Crippen LogP contribution in [0.5, 0.6) is 0 Å². The fraction of sp³-hybridized carbons (Fsp3) is 0.643. The molecule has 0 spiro atoms. The molecular weight excluding hydrogens is 862 g/mol. The number of esters is 2. The van der Waals surface area contributed by atoms with E-state index in [4.69, 9.17) is 25.5 Å². The van der Waals surface area contributed by atoms with E-state index in [1.54, 1.807) is 12.1 Å². The Morgan fingerprint density at radius 1 is 0.806 bits per heavy atom. The van der Waals surface area contributed by atoms with E-state index in [1.165, 1.54) is 5.57 Å². The number of ketones is 1. The molecule has 0 aliphatic heterocycles. The zero-order valence-electron chi connectivity index (χ0n) is 41.6. The van der Waals surface area contributed by atoms with E-state index < -0.39 is 16.4 Å². The van der Waals surface area contributed by atoms with E-state index in [-0.39, 0.29) is 94.0 Å². The summed E-state index contributed by atoms with van der Waals surface area (Å²) in [6.45, 7) is 24.4. The fourth-order valence-electron chi connectivity index (χ4n) is 15.4. The highest BCUT2D eigenvalue weighted by atomic mass is 35.5. The number of nitrogens with zero attached hydrogens (tertiary/aromatic N) is 2. The van der Waals surface area contributed by atoms with Crippen molar-refractivity contribution >= 4 is 35.2 Å². The van der Waals surface area contributed by atoms with Crippen molar-refractivity contribution < 1.29 is 33.1 Å².